The number of anilines is 4. The van der Waals surface area contributed by atoms with Gasteiger partial charge in [-0.15, -0.1) is 0 Å². The number of rotatable bonds is 13. The van der Waals surface area contributed by atoms with E-state index in [-0.39, 0.29) is 22.3 Å². The molecule has 0 aromatic heterocycles. The summed E-state index contributed by atoms with van der Waals surface area (Å²) in [6.07, 6.45) is 3.96. The summed E-state index contributed by atoms with van der Waals surface area (Å²) < 4.78 is 0. The van der Waals surface area contributed by atoms with E-state index >= 15 is 0 Å². The summed E-state index contributed by atoms with van der Waals surface area (Å²) in [6.45, 7) is 6.35. The van der Waals surface area contributed by atoms with Crippen molar-refractivity contribution in [2.75, 3.05) is 102 Å². The minimum Gasteiger partial charge on any atom is -0.400 e. The van der Waals surface area contributed by atoms with Gasteiger partial charge in [-0.3, -0.25) is 9.80 Å². The Hall–Kier alpha value is -4.12. The van der Waals surface area contributed by atoms with Gasteiger partial charge in [0.2, 0.25) is 0 Å². The van der Waals surface area contributed by atoms with Crippen LogP contribution in [0.1, 0.15) is 44.5 Å². The lowest BCUT2D eigenvalue weighted by Crippen LogP contribution is -2.55. The van der Waals surface area contributed by atoms with E-state index < -0.39 is 0 Å². The molecule has 0 spiro atoms. The van der Waals surface area contributed by atoms with Crippen molar-refractivity contribution in [2.45, 2.75) is 48.0 Å². The molecule has 290 valence electrons. The third-order valence-electron chi connectivity index (χ3n) is 8.63. The molecule has 4 aromatic carbocycles. The number of nitrogens with zero attached hydrogens (tertiary/aromatic N) is 5. The van der Waals surface area contributed by atoms with Gasteiger partial charge in [0.05, 0.1) is 20.0 Å². The van der Waals surface area contributed by atoms with Crippen LogP contribution in [0, 0.1) is 0 Å². The molecule has 1 heterocycles. The zero-order valence-corrected chi connectivity index (χ0v) is 30.4. The zero-order chi connectivity index (χ0) is 35.6. The molecule has 0 atom stereocenters. The third kappa shape index (κ3) is 16.0. The molecule has 1 aliphatic heterocycles. The molecule has 7 N–H and O–H groups in total. The maximum absolute atomic E-state index is 7.00. The van der Waals surface area contributed by atoms with Crippen molar-refractivity contribution in [1.82, 2.24) is 9.80 Å². The van der Waals surface area contributed by atoms with Crippen molar-refractivity contribution >= 4 is 22.7 Å². The number of benzene rings is 4. The minimum absolute atomic E-state index is 0. The van der Waals surface area contributed by atoms with E-state index in [0.717, 1.165) is 71.6 Å². The Labute approximate surface area is 317 Å². The number of nitrogens with two attached hydrogens (primary N) is 3. The average Bonchev–Trinajstić information content (AvgIpc) is 3.13. The van der Waals surface area contributed by atoms with E-state index in [9.17, 15) is 0 Å². The number of hydrogen-bond acceptors (Lipinski definition) is 9. The molecule has 1 aliphatic rings. The van der Waals surface area contributed by atoms with Gasteiger partial charge in [0, 0.05) is 71.1 Å². The number of aliphatic hydroxyl groups is 1. The van der Waals surface area contributed by atoms with Crippen LogP contribution < -0.4 is 31.9 Å². The van der Waals surface area contributed by atoms with Gasteiger partial charge in [-0.05, 0) is 110 Å². The fraction of sp³-hybridized carbons (Fsp3) is 0.442. The Morgan fingerprint density at radius 3 is 1.17 bits per heavy atom. The van der Waals surface area contributed by atoms with E-state index in [1.165, 1.54) is 39.3 Å². The summed E-state index contributed by atoms with van der Waals surface area (Å²) in [5.41, 5.74) is 26.5. The van der Waals surface area contributed by atoms with E-state index in [0.29, 0.717) is 13.1 Å². The second kappa shape index (κ2) is 25.8. The smallest absolute Gasteiger partial charge is 0.0730 e. The van der Waals surface area contributed by atoms with Crippen LogP contribution in [0.25, 0.3) is 0 Å². The second-order valence-electron chi connectivity index (χ2n) is 12.9. The van der Waals surface area contributed by atoms with Crippen LogP contribution >= 0.6 is 0 Å². The first-order chi connectivity index (χ1) is 23.7. The molecule has 1 fully saturated rings. The SMILES string of the molecule is C.C.C.CN(C)c1ccc(CCN2CN(CCc3ccc(N(C)C)cc3)CN(c3ccc(CCN)cc3)C2)cc1.CO.NCCc1ccc(N)cc1. The quantitative estimate of drug-likeness (QED) is 0.117. The van der Waals surface area contributed by atoms with Crippen molar-refractivity contribution in [3.63, 3.8) is 0 Å². The molecule has 9 heteroatoms. The second-order valence-corrected chi connectivity index (χ2v) is 12.9. The van der Waals surface area contributed by atoms with Crippen LogP contribution in [0.15, 0.2) is 97.1 Å². The molecular formula is C43H72N8O. The molecule has 5 rings (SSSR count). The van der Waals surface area contributed by atoms with Crippen LogP contribution in [0.4, 0.5) is 22.7 Å². The van der Waals surface area contributed by atoms with Gasteiger partial charge in [0.25, 0.3) is 0 Å². The van der Waals surface area contributed by atoms with Gasteiger partial charge in [0.1, 0.15) is 0 Å². The Morgan fingerprint density at radius 2 is 0.827 bits per heavy atom. The first-order valence-electron chi connectivity index (χ1n) is 17.2. The Bertz CT molecular complexity index is 1380. The molecule has 0 bridgehead atoms. The summed E-state index contributed by atoms with van der Waals surface area (Å²) in [5, 5.41) is 7.00. The maximum Gasteiger partial charge on any atom is 0.0730 e. The van der Waals surface area contributed by atoms with Crippen molar-refractivity contribution in [2.24, 2.45) is 11.5 Å². The molecule has 0 aliphatic carbocycles. The fourth-order valence-corrected chi connectivity index (χ4v) is 5.73. The lowest BCUT2D eigenvalue weighted by atomic mass is 10.1. The van der Waals surface area contributed by atoms with Crippen LogP contribution in [-0.2, 0) is 25.7 Å². The van der Waals surface area contributed by atoms with Gasteiger partial charge < -0.3 is 37.0 Å². The number of nitrogen functional groups attached to an aromatic ring is 1. The van der Waals surface area contributed by atoms with Crippen molar-refractivity contribution < 1.29 is 5.11 Å². The van der Waals surface area contributed by atoms with E-state index in [4.69, 9.17) is 22.3 Å². The van der Waals surface area contributed by atoms with Crippen molar-refractivity contribution in [3.8, 4) is 0 Å². The van der Waals surface area contributed by atoms with Crippen molar-refractivity contribution in [1.29, 1.82) is 0 Å². The van der Waals surface area contributed by atoms with E-state index in [1.54, 1.807) is 0 Å². The minimum atomic E-state index is 0. The van der Waals surface area contributed by atoms with E-state index in [1.807, 2.05) is 24.3 Å². The Kier molecular flexibility index (Phi) is 23.7. The van der Waals surface area contributed by atoms with Gasteiger partial charge in [-0.25, -0.2) is 0 Å². The number of hydrogen-bond donors (Lipinski definition) is 4. The third-order valence-corrected chi connectivity index (χ3v) is 8.63. The monoisotopic (exact) mass is 717 g/mol. The highest BCUT2D eigenvalue weighted by molar-refractivity contribution is 5.49. The highest BCUT2D eigenvalue weighted by atomic mass is 16.2. The molecule has 0 saturated carbocycles. The summed E-state index contributed by atoms with van der Waals surface area (Å²) in [7, 11) is 9.35. The molecule has 4 aromatic rings. The van der Waals surface area contributed by atoms with Crippen LogP contribution in [-0.4, -0.2) is 96.4 Å². The van der Waals surface area contributed by atoms with Gasteiger partial charge >= 0.3 is 0 Å². The molecule has 0 unspecified atom stereocenters. The summed E-state index contributed by atoms with van der Waals surface area (Å²) in [5.74, 6) is 0. The van der Waals surface area contributed by atoms with Crippen molar-refractivity contribution in [3.05, 3.63) is 119 Å². The molecule has 9 nitrogen and oxygen atoms in total. The largest absolute Gasteiger partial charge is 0.400 e. The molecule has 0 radical (unpaired) electrons. The Balaban J connectivity index is 0.00000149. The highest BCUT2D eigenvalue weighted by Crippen LogP contribution is 2.21. The predicted molar refractivity (Wildman–Crippen MR) is 231 cm³/mol. The van der Waals surface area contributed by atoms with Crippen LogP contribution in [0.5, 0.6) is 0 Å². The fourth-order valence-electron chi connectivity index (χ4n) is 5.73. The van der Waals surface area contributed by atoms with Gasteiger partial charge in [-0.1, -0.05) is 70.8 Å². The first-order valence-corrected chi connectivity index (χ1v) is 17.2. The highest BCUT2D eigenvalue weighted by Gasteiger charge is 2.23. The average molecular weight is 717 g/mol. The summed E-state index contributed by atoms with van der Waals surface area (Å²) in [6, 6.07) is 34.7. The Morgan fingerprint density at radius 1 is 0.500 bits per heavy atom. The first kappa shape index (κ1) is 47.9. The lowest BCUT2D eigenvalue weighted by Gasteiger charge is -2.43. The summed E-state index contributed by atoms with van der Waals surface area (Å²) >= 11 is 0. The number of aliphatic hydroxyl groups excluding tert-OH is 1. The normalized spacial score (nSPS) is 12.4. The summed E-state index contributed by atoms with van der Waals surface area (Å²) in [4.78, 5) is 12.0. The molecule has 1 saturated heterocycles. The molecule has 0 amide bonds. The topological polar surface area (TPSA) is 114 Å². The van der Waals surface area contributed by atoms with Crippen LogP contribution in [0.3, 0.4) is 0 Å². The molecule has 52 heavy (non-hydrogen) atoms. The van der Waals surface area contributed by atoms with E-state index in [2.05, 4.69) is 125 Å². The standard InChI is InChI=1S/C31H44N6.C8H12N2.CH4O.3CH4/c1-33(2)29-11-5-27(6-12-29)18-21-35-23-36(22-19-28-7-13-30(14-8-28)34(3)4)25-37(24-35)31-15-9-26(10-16-31)17-20-32;9-6-5-7-1-3-8(10)4-2-7;1-2;;;/h5-16H,17-25,32H2,1-4H3;1-4H,5-6,9-10H2;2H,1H3;3*1H4. The van der Waals surface area contributed by atoms with Gasteiger partial charge in [0.15, 0.2) is 0 Å². The van der Waals surface area contributed by atoms with Gasteiger partial charge in [-0.2, -0.15) is 0 Å². The molecular weight excluding hydrogens is 645 g/mol. The lowest BCUT2D eigenvalue weighted by molar-refractivity contribution is 0.0896. The maximum atomic E-state index is 7.00. The van der Waals surface area contributed by atoms with Crippen LogP contribution in [0.2, 0.25) is 0 Å². The zero-order valence-electron chi connectivity index (χ0n) is 30.4. The predicted octanol–water partition coefficient (Wildman–Crippen LogP) is 6.39.